The molecule has 1 aliphatic rings. The number of hydrogen-bond donors (Lipinski definition) is 0. The molecule has 1 aliphatic carbocycles. The van der Waals surface area contributed by atoms with Crippen LogP contribution in [0.15, 0.2) is 54.6 Å². The fourth-order valence-corrected chi connectivity index (χ4v) is 3.81. The lowest BCUT2D eigenvalue weighted by molar-refractivity contribution is 0.454. The second-order valence-corrected chi connectivity index (χ2v) is 7.53. The summed E-state index contributed by atoms with van der Waals surface area (Å²) in [5.74, 6) is 0.471. The largest absolute Gasteiger partial charge is 0.205 e. The van der Waals surface area contributed by atoms with Crippen molar-refractivity contribution in [2.75, 3.05) is 0 Å². The van der Waals surface area contributed by atoms with Gasteiger partial charge in [0, 0.05) is 5.56 Å². The molecule has 0 saturated heterocycles. The minimum atomic E-state index is -0.333. The Kier molecular flexibility index (Phi) is 6.32. The lowest BCUT2D eigenvalue weighted by atomic mass is 9.84. The summed E-state index contributed by atoms with van der Waals surface area (Å²) in [5, 5.41) is 0.213. The van der Waals surface area contributed by atoms with Crippen LogP contribution in [-0.4, -0.2) is 0 Å². The van der Waals surface area contributed by atoms with Gasteiger partial charge in [-0.25, -0.2) is 4.39 Å². The predicted octanol–water partition coefficient (Wildman–Crippen LogP) is 7.99. The summed E-state index contributed by atoms with van der Waals surface area (Å²) in [5.41, 5.74) is 4.86. The van der Waals surface area contributed by atoms with Crippen LogP contribution < -0.4 is 0 Å². The van der Waals surface area contributed by atoms with Gasteiger partial charge in [0.1, 0.15) is 5.82 Å². The molecule has 0 aliphatic heterocycles. The summed E-state index contributed by atoms with van der Waals surface area (Å²) in [7, 11) is 0. The number of allylic oxidation sites excluding steroid dienone is 4. The number of halogens is 2. The highest BCUT2D eigenvalue weighted by Gasteiger charge is 2.16. The molecular weight excluding hydrogens is 343 g/mol. The first-order valence-electron chi connectivity index (χ1n) is 9.45. The molecule has 3 rings (SSSR count). The minimum Gasteiger partial charge on any atom is -0.205 e. The smallest absolute Gasteiger partial charge is 0.149 e. The van der Waals surface area contributed by atoms with Crippen LogP contribution in [0.25, 0.3) is 16.7 Å². The maximum absolute atomic E-state index is 14.4. The van der Waals surface area contributed by atoms with Gasteiger partial charge in [0.2, 0.25) is 0 Å². The second kappa shape index (κ2) is 8.68. The van der Waals surface area contributed by atoms with Crippen LogP contribution in [-0.2, 0) is 0 Å². The summed E-state index contributed by atoms with van der Waals surface area (Å²) < 4.78 is 14.4. The second-order valence-electron chi connectivity index (χ2n) is 7.15. The zero-order valence-electron chi connectivity index (χ0n) is 15.6. The average Bonchev–Trinajstić information content (AvgIpc) is 2.67. The van der Waals surface area contributed by atoms with E-state index in [1.165, 1.54) is 30.4 Å². The van der Waals surface area contributed by atoms with Gasteiger partial charge < -0.3 is 0 Å². The third kappa shape index (κ3) is 4.27. The van der Waals surface area contributed by atoms with Gasteiger partial charge in [0.25, 0.3) is 0 Å². The molecule has 0 radical (unpaired) electrons. The SMILES string of the molecule is CC=CCCC1CC=C(c2ccc(-c3ccc(C)c(Cl)c3F)cc2)CC1. The van der Waals surface area contributed by atoms with E-state index < -0.39 is 0 Å². The molecule has 0 heterocycles. The maximum atomic E-state index is 14.4. The molecule has 26 heavy (non-hydrogen) atoms. The van der Waals surface area contributed by atoms with Crippen LogP contribution in [0.5, 0.6) is 0 Å². The Balaban J connectivity index is 1.72. The third-order valence-corrected chi connectivity index (χ3v) is 5.80. The standard InChI is InChI=1S/C24H26ClF/c1-3-4-5-6-18-8-10-19(11-9-18)20-12-14-21(15-13-20)22-16-7-17(2)23(25)24(22)26/h3-4,7,10,12-16,18H,5-6,8-9,11H2,1-2H3. The highest BCUT2D eigenvalue weighted by atomic mass is 35.5. The van der Waals surface area contributed by atoms with Crippen molar-refractivity contribution in [2.45, 2.75) is 46.0 Å². The van der Waals surface area contributed by atoms with Gasteiger partial charge in [0.05, 0.1) is 5.02 Å². The molecule has 0 nitrogen and oxygen atoms in total. The summed E-state index contributed by atoms with van der Waals surface area (Å²) in [6, 6.07) is 11.9. The predicted molar refractivity (Wildman–Crippen MR) is 111 cm³/mol. The van der Waals surface area contributed by atoms with Gasteiger partial charge in [-0.05, 0) is 74.1 Å². The third-order valence-electron chi connectivity index (χ3n) is 5.34. The topological polar surface area (TPSA) is 0 Å². The normalized spacial score (nSPS) is 17.5. The molecule has 2 aromatic carbocycles. The van der Waals surface area contributed by atoms with Crippen LogP contribution in [0.1, 0.15) is 50.2 Å². The number of aryl methyl sites for hydroxylation is 1. The fraction of sp³-hybridized carbons (Fsp3) is 0.333. The van der Waals surface area contributed by atoms with Crippen LogP contribution in [0.4, 0.5) is 4.39 Å². The van der Waals surface area contributed by atoms with Crippen molar-refractivity contribution in [3.63, 3.8) is 0 Å². The van der Waals surface area contributed by atoms with Crippen molar-refractivity contribution in [3.8, 4) is 11.1 Å². The Morgan fingerprint density at radius 1 is 1.12 bits per heavy atom. The van der Waals surface area contributed by atoms with Crippen molar-refractivity contribution in [1.29, 1.82) is 0 Å². The number of benzene rings is 2. The molecule has 0 fully saturated rings. The summed E-state index contributed by atoms with van der Waals surface area (Å²) in [6.07, 6.45) is 12.8. The van der Waals surface area contributed by atoms with Gasteiger partial charge >= 0.3 is 0 Å². The van der Waals surface area contributed by atoms with E-state index in [2.05, 4.69) is 37.3 Å². The highest BCUT2D eigenvalue weighted by molar-refractivity contribution is 6.31. The van der Waals surface area contributed by atoms with E-state index in [4.69, 9.17) is 11.6 Å². The van der Waals surface area contributed by atoms with Gasteiger partial charge in [-0.1, -0.05) is 66.2 Å². The molecule has 1 unspecified atom stereocenters. The molecule has 0 aromatic heterocycles. The van der Waals surface area contributed by atoms with Crippen LogP contribution >= 0.6 is 11.6 Å². The zero-order valence-corrected chi connectivity index (χ0v) is 16.3. The molecule has 2 aromatic rings. The minimum absolute atomic E-state index is 0.213. The van der Waals surface area contributed by atoms with Crippen molar-refractivity contribution in [3.05, 3.63) is 76.6 Å². The van der Waals surface area contributed by atoms with Crippen LogP contribution in [0.2, 0.25) is 5.02 Å². The van der Waals surface area contributed by atoms with Crippen molar-refractivity contribution < 1.29 is 4.39 Å². The molecule has 1 atom stereocenters. The molecule has 0 saturated carbocycles. The Morgan fingerprint density at radius 2 is 1.85 bits per heavy atom. The molecular formula is C24H26ClF. The molecule has 0 bridgehead atoms. The molecule has 0 amide bonds. The maximum Gasteiger partial charge on any atom is 0.149 e. The molecule has 136 valence electrons. The summed E-state index contributed by atoms with van der Waals surface area (Å²) in [4.78, 5) is 0. The first kappa shape index (κ1) is 18.9. The Morgan fingerprint density at radius 3 is 2.50 bits per heavy atom. The van der Waals surface area contributed by atoms with Gasteiger partial charge in [-0.15, -0.1) is 0 Å². The Labute approximate surface area is 161 Å². The molecule has 0 N–H and O–H groups in total. The zero-order chi connectivity index (χ0) is 18.5. The summed E-state index contributed by atoms with van der Waals surface area (Å²) >= 11 is 6.06. The molecule has 2 heteroatoms. The van der Waals surface area contributed by atoms with E-state index in [0.29, 0.717) is 5.56 Å². The first-order chi connectivity index (χ1) is 12.6. The quantitative estimate of drug-likeness (QED) is 0.469. The van der Waals surface area contributed by atoms with E-state index in [-0.39, 0.29) is 10.8 Å². The summed E-state index contributed by atoms with van der Waals surface area (Å²) in [6.45, 7) is 3.90. The van der Waals surface area contributed by atoms with Crippen molar-refractivity contribution >= 4 is 17.2 Å². The van der Waals surface area contributed by atoms with Crippen LogP contribution in [0.3, 0.4) is 0 Å². The van der Waals surface area contributed by atoms with Gasteiger partial charge in [-0.3, -0.25) is 0 Å². The lowest BCUT2D eigenvalue weighted by Gasteiger charge is -2.22. The number of hydrogen-bond acceptors (Lipinski definition) is 0. The lowest BCUT2D eigenvalue weighted by Crippen LogP contribution is -2.05. The van der Waals surface area contributed by atoms with E-state index in [1.807, 2.05) is 25.1 Å². The average molecular weight is 369 g/mol. The molecule has 0 spiro atoms. The van der Waals surface area contributed by atoms with Crippen molar-refractivity contribution in [2.24, 2.45) is 5.92 Å². The van der Waals surface area contributed by atoms with E-state index >= 15 is 0 Å². The first-order valence-corrected chi connectivity index (χ1v) is 9.83. The fourth-order valence-electron chi connectivity index (χ4n) is 3.64. The van der Waals surface area contributed by atoms with E-state index in [1.54, 1.807) is 6.07 Å². The monoisotopic (exact) mass is 368 g/mol. The van der Waals surface area contributed by atoms with Gasteiger partial charge in [-0.2, -0.15) is 0 Å². The van der Waals surface area contributed by atoms with Gasteiger partial charge in [0.15, 0.2) is 0 Å². The number of rotatable bonds is 5. The van der Waals surface area contributed by atoms with E-state index in [0.717, 1.165) is 29.9 Å². The van der Waals surface area contributed by atoms with Crippen LogP contribution in [0, 0.1) is 18.7 Å². The van der Waals surface area contributed by atoms with E-state index in [9.17, 15) is 4.39 Å². The van der Waals surface area contributed by atoms with Crippen molar-refractivity contribution in [1.82, 2.24) is 0 Å². The Hall–Kier alpha value is -1.86. The Bertz CT molecular complexity index is 815. The highest BCUT2D eigenvalue weighted by Crippen LogP contribution is 2.34.